The van der Waals surface area contributed by atoms with Crippen molar-refractivity contribution in [1.82, 2.24) is 4.90 Å². The second-order valence-electron chi connectivity index (χ2n) is 6.04. The van der Waals surface area contributed by atoms with E-state index in [2.05, 4.69) is 0 Å². The molecule has 2 aromatic carbocycles. The maximum atomic E-state index is 12.4. The molecule has 2 amide bonds. The normalized spacial score (nSPS) is 13.4. The molecular formula is C19H16ClNO4. The Kier molecular flexibility index (Phi) is 4.59. The highest BCUT2D eigenvalue weighted by atomic mass is 35.5. The number of rotatable bonds is 4. The second kappa shape index (κ2) is 6.69. The molecule has 0 aliphatic carbocycles. The number of carbonyl (C=O) groups excluding carboxylic acids is 3. The van der Waals surface area contributed by atoms with Crippen LogP contribution in [0, 0.1) is 0 Å². The molecule has 1 aliphatic heterocycles. The fourth-order valence-corrected chi connectivity index (χ4v) is 2.79. The SMILES string of the molecule is CC(C)N1C(=O)c2ccc(C(=O)OCc3ccc(Cl)cc3)cc2C1=O. The van der Waals surface area contributed by atoms with Crippen LogP contribution in [0.1, 0.15) is 50.5 Å². The smallest absolute Gasteiger partial charge is 0.338 e. The van der Waals surface area contributed by atoms with Gasteiger partial charge < -0.3 is 4.74 Å². The van der Waals surface area contributed by atoms with Gasteiger partial charge in [-0.3, -0.25) is 14.5 Å². The number of ether oxygens (including phenoxy) is 1. The molecule has 0 saturated heterocycles. The first kappa shape index (κ1) is 17.2. The van der Waals surface area contributed by atoms with Crippen LogP contribution < -0.4 is 0 Å². The first-order valence-corrected chi connectivity index (χ1v) is 8.20. The van der Waals surface area contributed by atoms with Crippen LogP contribution in [0.25, 0.3) is 0 Å². The number of esters is 1. The molecule has 0 bridgehead atoms. The van der Waals surface area contributed by atoms with Crippen molar-refractivity contribution in [1.29, 1.82) is 0 Å². The van der Waals surface area contributed by atoms with Crippen LogP contribution in [-0.4, -0.2) is 28.7 Å². The van der Waals surface area contributed by atoms with Crippen LogP contribution in [0.5, 0.6) is 0 Å². The van der Waals surface area contributed by atoms with Gasteiger partial charge in [-0.1, -0.05) is 23.7 Å². The Bertz CT molecular complexity index is 858. The number of carbonyl (C=O) groups is 3. The summed E-state index contributed by atoms with van der Waals surface area (Å²) in [6.45, 7) is 3.63. The van der Waals surface area contributed by atoms with E-state index >= 15 is 0 Å². The predicted molar refractivity (Wildman–Crippen MR) is 92.6 cm³/mol. The van der Waals surface area contributed by atoms with Crippen LogP contribution in [0.2, 0.25) is 5.02 Å². The fourth-order valence-electron chi connectivity index (χ4n) is 2.67. The maximum absolute atomic E-state index is 12.4. The molecule has 0 unspecified atom stereocenters. The molecule has 0 N–H and O–H groups in total. The number of amides is 2. The summed E-state index contributed by atoms with van der Waals surface area (Å²) in [5.41, 5.74) is 1.59. The molecule has 6 heteroatoms. The summed E-state index contributed by atoms with van der Waals surface area (Å²) in [7, 11) is 0. The average molecular weight is 358 g/mol. The van der Waals surface area contributed by atoms with E-state index in [9.17, 15) is 14.4 Å². The summed E-state index contributed by atoms with van der Waals surface area (Å²) in [4.78, 5) is 38.0. The van der Waals surface area contributed by atoms with Gasteiger partial charge in [0.1, 0.15) is 6.61 Å². The topological polar surface area (TPSA) is 63.7 Å². The van der Waals surface area contributed by atoms with Gasteiger partial charge in [0.2, 0.25) is 0 Å². The summed E-state index contributed by atoms with van der Waals surface area (Å²) in [6, 6.07) is 11.1. The summed E-state index contributed by atoms with van der Waals surface area (Å²) < 4.78 is 5.26. The minimum atomic E-state index is -0.555. The Morgan fingerprint density at radius 2 is 1.68 bits per heavy atom. The van der Waals surface area contributed by atoms with Crippen LogP contribution in [0.4, 0.5) is 0 Å². The number of halogens is 1. The van der Waals surface area contributed by atoms with E-state index in [0.717, 1.165) is 5.56 Å². The van der Waals surface area contributed by atoms with Crippen LogP contribution >= 0.6 is 11.6 Å². The summed E-state index contributed by atoms with van der Waals surface area (Å²) in [5, 5.41) is 0.603. The van der Waals surface area contributed by atoms with Gasteiger partial charge in [0, 0.05) is 11.1 Å². The highest BCUT2D eigenvalue weighted by molar-refractivity contribution is 6.30. The van der Waals surface area contributed by atoms with Gasteiger partial charge in [-0.05, 0) is 49.7 Å². The number of benzene rings is 2. The van der Waals surface area contributed by atoms with Gasteiger partial charge in [0.05, 0.1) is 16.7 Å². The second-order valence-corrected chi connectivity index (χ2v) is 6.47. The molecule has 2 aromatic rings. The molecule has 1 aliphatic rings. The molecule has 0 atom stereocenters. The molecular weight excluding hydrogens is 342 g/mol. The summed E-state index contributed by atoms with van der Waals surface area (Å²) in [5.74, 6) is -1.28. The van der Waals surface area contributed by atoms with E-state index in [1.54, 1.807) is 38.1 Å². The molecule has 1 heterocycles. The Hall–Kier alpha value is -2.66. The highest BCUT2D eigenvalue weighted by Crippen LogP contribution is 2.26. The van der Waals surface area contributed by atoms with Crippen LogP contribution in [-0.2, 0) is 11.3 Å². The standard InChI is InChI=1S/C19H16ClNO4/c1-11(2)21-17(22)15-8-5-13(9-16(15)18(21)23)19(24)25-10-12-3-6-14(20)7-4-12/h3-9,11H,10H2,1-2H3. The summed E-state index contributed by atoms with van der Waals surface area (Å²) >= 11 is 5.81. The lowest BCUT2D eigenvalue weighted by Gasteiger charge is -2.17. The predicted octanol–water partition coefficient (Wildman–Crippen LogP) is 3.70. The molecule has 0 aromatic heterocycles. The van der Waals surface area contributed by atoms with Crippen molar-refractivity contribution in [2.24, 2.45) is 0 Å². The van der Waals surface area contributed by atoms with Crippen molar-refractivity contribution in [2.75, 3.05) is 0 Å². The number of imide groups is 1. The number of nitrogens with zero attached hydrogens (tertiary/aromatic N) is 1. The third-order valence-corrected chi connectivity index (χ3v) is 4.21. The van der Waals surface area contributed by atoms with Crippen molar-refractivity contribution < 1.29 is 19.1 Å². The molecule has 0 saturated carbocycles. The highest BCUT2D eigenvalue weighted by Gasteiger charge is 2.37. The first-order valence-electron chi connectivity index (χ1n) is 7.82. The van der Waals surface area contributed by atoms with Gasteiger partial charge >= 0.3 is 5.97 Å². The molecule has 0 fully saturated rings. The van der Waals surface area contributed by atoms with E-state index in [0.29, 0.717) is 10.6 Å². The minimum absolute atomic E-state index is 0.0953. The van der Waals surface area contributed by atoms with Crippen molar-refractivity contribution in [3.63, 3.8) is 0 Å². The lowest BCUT2D eigenvalue weighted by Crippen LogP contribution is -2.35. The molecule has 5 nitrogen and oxygen atoms in total. The lowest BCUT2D eigenvalue weighted by molar-refractivity contribution is 0.0472. The van der Waals surface area contributed by atoms with Gasteiger partial charge in [-0.25, -0.2) is 4.79 Å². The molecule has 25 heavy (non-hydrogen) atoms. The maximum Gasteiger partial charge on any atom is 0.338 e. The van der Waals surface area contributed by atoms with Gasteiger partial charge in [0.25, 0.3) is 11.8 Å². The van der Waals surface area contributed by atoms with E-state index in [-0.39, 0.29) is 35.6 Å². The van der Waals surface area contributed by atoms with Crippen LogP contribution in [0.15, 0.2) is 42.5 Å². The zero-order valence-electron chi connectivity index (χ0n) is 13.8. The van der Waals surface area contributed by atoms with Gasteiger partial charge in [0.15, 0.2) is 0 Å². The third-order valence-electron chi connectivity index (χ3n) is 3.95. The zero-order valence-corrected chi connectivity index (χ0v) is 14.5. The molecule has 0 radical (unpaired) electrons. The van der Waals surface area contributed by atoms with Gasteiger partial charge in [-0.2, -0.15) is 0 Å². The Balaban J connectivity index is 1.76. The first-order chi connectivity index (χ1) is 11.9. The van der Waals surface area contributed by atoms with Crippen LogP contribution in [0.3, 0.4) is 0 Å². The molecule has 128 valence electrons. The lowest BCUT2D eigenvalue weighted by atomic mass is 10.1. The number of fused-ring (bicyclic) bond motifs is 1. The Morgan fingerprint density at radius 1 is 1.04 bits per heavy atom. The van der Waals surface area contributed by atoms with Crippen molar-refractivity contribution in [2.45, 2.75) is 26.5 Å². The van der Waals surface area contributed by atoms with Crippen molar-refractivity contribution in [3.05, 3.63) is 69.7 Å². The Labute approximate surface area is 150 Å². The van der Waals surface area contributed by atoms with E-state index in [1.165, 1.54) is 23.1 Å². The fraction of sp³-hybridized carbons (Fsp3) is 0.211. The minimum Gasteiger partial charge on any atom is -0.457 e. The quantitative estimate of drug-likeness (QED) is 0.618. The summed E-state index contributed by atoms with van der Waals surface area (Å²) in [6.07, 6.45) is 0. The van der Waals surface area contributed by atoms with Gasteiger partial charge in [-0.15, -0.1) is 0 Å². The average Bonchev–Trinajstić information content (AvgIpc) is 2.84. The van der Waals surface area contributed by atoms with E-state index in [1.807, 2.05) is 0 Å². The monoisotopic (exact) mass is 357 g/mol. The number of hydrogen-bond acceptors (Lipinski definition) is 4. The molecule has 0 spiro atoms. The third kappa shape index (κ3) is 3.28. The van der Waals surface area contributed by atoms with Crippen molar-refractivity contribution >= 4 is 29.4 Å². The Morgan fingerprint density at radius 3 is 2.32 bits per heavy atom. The molecule has 3 rings (SSSR count). The zero-order chi connectivity index (χ0) is 18.1. The van der Waals surface area contributed by atoms with E-state index in [4.69, 9.17) is 16.3 Å². The number of hydrogen-bond donors (Lipinski definition) is 0. The largest absolute Gasteiger partial charge is 0.457 e. The van der Waals surface area contributed by atoms with E-state index < -0.39 is 5.97 Å². The van der Waals surface area contributed by atoms with Crippen molar-refractivity contribution in [3.8, 4) is 0 Å².